The zero-order valence-corrected chi connectivity index (χ0v) is 10.2. The number of nitrogens with one attached hydrogen (secondary N) is 1. The Hall–Kier alpha value is -1.58. The quantitative estimate of drug-likeness (QED) is 0.593. The van der Waals surface area contributed by atoms with Gasteiger partial charge in [-0.05, 0) is 44.4 Å². The van der Waals surface area contributed by atoms with Crippen LogP contribution < -0.4 is 11.1 Å². The van der Waals surface area contributed by atoms with Crippen LogP contribution in [0.15, 0.2) is 23.5 Å². The first-order valence-electron chi connectivity index (χ1n) is 5.55. The van der Waals surface area contributed by atoms with Crippen molar-refractivity contribution in [1.82, 2.24) is 10.3 Å². The molecule has 1 aromatic rings. The summed E-state index contributed by atoms with van der Waals surface area (Å²) in [4.78, 5) is 8.32. The van der Waals surface area contributed by atoms with Crippen molar-refractivity contribution in [3.8, 4) is 0 Å². The van der Waals surface area contributed by atoms with Gasteiger partial charge in [0.2, 0.25) is 0 Å². The van der Waals surface area contributed by atoms with Crippen molar-refractivity contribution in [2.75, 3.05) is 6.54 Å². The number of aryl methyl sites for hydroxylation is 1. The van der Waals surface area contributed by atoms with Crippen molar-refractivity contribution < 1.29 is 0 Å². The smallest absolute Gasteiger partial charge is 0.188 e. The van der Waals surface area contributed by atoms with Crippen molar-refractivity contribution in [2.45, 2.75) is 33.2 Å². The molecule has 16 heavy (non-hydrogen) atoms. The first-order chi connectivity index (χ1) is 7.59. The second-order valence-electron chi connectivity index (χ2n) is 4.12. The number of aliphatic imine (C=N–C) groups is 1. The molecule has 4 heteroatoms. The minimum atomic E-state index is 0.325. The molecule has 1 rings (SSSR count). The van der Waals surface area contributed by atoms with E-state index >= 15 is 0 Å². The van der Waals surface area contributed by atoms with Crippen LogP contribution in [0.2, 0.25) is 0 Å². The summed E-state index contributed by atoms with van der Waals surface area (Å²) < 4.78 is 0. The van der Waals surface area contributed by atoms with Gasteiger partial charge >= 0.3 is 0 Å². The molecule has 4 nitrogen and oxygen atoms in total. The summed E-state index contributed by atoms with van der Waals surface area (Å²) >= 11 is 0. The maximum Gasteiger partial charge on any atom is 0.188 e. The predicted molar refractivity (Wildman–Crippen MR) is 67.4 cm³/mol. The summed E-state index contributed by atoms with van der Waals surface area (Å²) in [6.07, 6.45) is 4.57. The Bertz CT molecular complexity index is 358. The van der Waals surface area contributed by atoms with Gasteiger partial charge in [0, 0.05) is 25.0 Å². The fraction of sp³-hybridized carbons (Fsp3) is 0.500. The molecule has 0 fully saturated rings. The van der Waals surface area contributed by atoms with E-state index in [4.69, 9.17) is 5.73 Å². The second kappa shape index (κ2) is 6.10. The molecule has 0 unspecified atom stereocenters. The molecule has 0 aliphatic rings. The Kier molecular flexibility index (Phi) is 4.76. The summed E-state index contributed by atoms with van der Waals surface area (Å²) in [5.74, 6) is 0.515. The molecule has 0 radical (unpaired) electrons. The number of hydrogen-bond acceptors (Lipinski definition) is 2. The highest BCUT2D eigenvalue weighted by atomic mass is 15.1. The minimum Gasteiger partial charge on any atom is -0.370 e. The molecule has 88 valence electrons. The Labute approximate surface area is 97.0 Å². The third-order valence-electron chi connectivity index (χ3n) is 2.24. The van der Waals surface area contributed by atoms with E-state index in [-0.39, 0.29) is 0 Å². The number of hydrogen-bond donors (Lipinski definition) is 2. The highest BCUT2D eigenvalue weighted by Crippen LogP contribution is 2.05. The van der Waals surface area contributed by atoms with Crippen LogP contribution in [0.25, 0.3) is 0 Å². The van der Waals surface area contributed by atoms with E-state index in [1.54, 1.807) is 0 Å². The fourth-order valence-electron chi connectivity index (χ4n) is 1.42. The molecule has 1 heterocycles. The van der Waals surface area contributed by atoms with Gasteiger partial charge in [-0.1, -0.05) is 0 Å². The van der Waals surface area contributed by atoms with Crippen LogP contribution in [-0.4, -0.2) is 23.5 Å². The van der Waals surface area contributed by atoms with Gasteiger partial charge in [0.15, 0.2) is 5.96 Å². The van der Waals surface area contributed by atoms with Gasteiger partial charge in [-0.3, -0.25) is 9.98 Å². The molecule has 0 amide bonds. The lowest BCUT2D eigenvalue weighted by Gasteiger charge is -2.08. The summed E-state index contributed by atoms with van der Waals surface area (Å²) in [5, 5.41) is 3.06. The number of nitrogens with two attached hydrogens (primary N) is 1. The Morgan fingerprint density at radius 2 is 2.31 bits per heavy atom. The van der Waals surface area contributed by atoms with Crippen LogP contribution in [-0.2, 0) is 6.42 Å². The number of guanidine groups is 1. The van der Waals surface area contributed by atoms with E-state index in [9.17, 15) is 0 Å². The molecule has 0 atom stereocenters. The lowest BCUT2D eigenvalue weighted by atomic mass is 10.1. The Morgan fingerprint density at radius 1 is 1.56 bits per heavy atom. The molecule has 0 bridgehead atoms. The largest absolute Gasteiger partial charge is 0.370 e. The SMILES string of the molecule is Cc1cnccc1CCN=C(N)NC(C)C. The summed E-state index contributed by atoms with van der Waals surface area (Å²) in [5.41, 5.74) is 8.18. The second-order valence-corrected chi connectivity index (χ2v) is 4.12. The molecule has 0 aromatic carbocycles. The fourth-order valence-corrected chi connectivity index (χ4v) is 1.42. The molecular weight excluding hydrogens is 200 g/mol. The number of rotatable bonds is 4. The molecular formula is C12H20N4. The van der Waals surface area contributed by atoms with Gasteiger partial charge in [-0.2, -0.15) is 0 Å². The zero-order valence-electron chi connectivity index (χ0n) is 10.2. The molecule has 0 aliphatic heterocycles. The molecule has 0 saturated carbocycles. The Balaban J connectivity index is 2.44. The molecule has 0 aliphatic carbocycles. The van der Waals surface area contributed by atoms with Gasteiger partial charge in [0.05, 0.1) is 0 Å². The highest BCUT2D eigenvalue weighted by molar-refractivity contribution is 5.78. The normalized spacial score (nSPS) is 11.9. The maximum absolute atomic E-state index is 5.70. The van der Waals surface area contributed by atoms with Crippen LogP contribution in [0.3, 0.4) is 0 Å². The van der Waals surface area contributed by atoms with Crippen molar-refractivity contribution in [1.29, 1.82) is 0 Å². The van der Waals surface area contributed by atoms with Crippen molar-refractivity contribution in [3.63, 3.8) is 0 Å². The summed E-state index contributed by atoms with van der Waals surface area (Å²) in [7, 11) is 0. The molecule has 0 spiro atoms. The average Bonchev–Trinajstić information content (AvgIpc) is 2.19. The van der Waals surface area contributed by atoms with Gasteiger partial charge in [0.25, 0.3) is 0 Å². The summed E-state index contributed by atoms with van der Waals surface area (Å²) in [6.45, 7) is 6.84. The number of pyridine rings is 1. The van der Waals surface area contributed by atoms with Gasteiger partial charge in [0.1, 0.15) is 0 Å². The molecule has 1 aromatic heterocycles. The zero-order chi connectivity index (χ0) is 12.0. The van der Waals surface area contributed by atoms with E-state index in [0.29, 0.717) is 18.5 Å². The van der Waals surface area contributed by atoms with Crippen molar-refractivity contribution in [3.05, 3.63) is 29.6 Å². The third kappa shape index (κ3) is 4.29. The van der Waals surface area contributed by atoms with Crippen LogP contribution in [0.4, 0.5) is 0 Å². The van der Waals surface area contributed by atoms with Crippen LogP contribution >= 0.6 is 0 Å². The Morgan fingerprint density at radius 3 is 2.94 bits per heavy atom. The summed E-state index contributed by atoms with van der Waals surface area (Å²) in [6, 6.07) is 2.35. The molecule has 3 N–H and O–H groups in total. The van der Waals surface area contributed by atoms with Gasteiger partial charge < -0.3 is 11.1 Å². The van der Waals surface area contributed by atoms with Crippen LogP contribution in [0.5, 0.6) is 0 Å². The van der Waals surface area contributed by atoms with Gasteiger partial charge in [-0.15, -0.1) is 0 Å². The van der Waals surface area contributed by atoms with E-state index in [1.807, 2.05) is 32.3 Å². The molecule has 0 saturated heterocycles. The lowest BCUT2D eigenvalue weighted by molar-refractivity contribution is 0.723. The van der Waals surface area contributed by atoms with Crippen LogP contribution in [0, 0.1) is 6.92 Å². The van der Waals surface area contributed by atoms with E-state index < -0.39 is 0 Å². The standard InChI is InChI=1S/C12H20N4/c1-9(2)16-12(13)15-7-5-11-4-6-14-8-10(11)3/h4,6,8-9H,5,7H2,1-3H3,(H3,13,15,16). The first kappa shape index (κ1) is 12.5. The third-order valence-corrected chi connectivity index (χ3v) is 2.24. The van der Waals surface area contributed by atoms with Crippen molar-refractivity contribution >= 4 is 5.96 Å². The minimum absolute atomic E-state index is 0.325. The van der Waals surface area contributed by atoms with E-state index in [1.165, 1.54) is 11.1 Å². The van der Waals surface area contributed by atoms with Crippen molar-refractivity contribution in [2.24, 2.45) is 10.7 Å². The monoisotopic (exact) mass is 220 g/mol. The predicted octanol–water partition coefficient (Wildman–Crippen LogP) is 1.25. The number of nitrogens with zero attached hydrogens (tertiary/aromatic N) is 2. The first-order valence-corrected chi connectivity index (χ1v) is 5.55. The maximum atomic E-state index is 5.70. The van der Waals surface area contributed by atoms with E-state index in [2.05, 4.69) is 22.2 Å². The van der Waals surface area contributed by atoms with Crippen LogP contribution in [0.1, 0.15) is 25.0 Å². The lowest BCUT2D eigenvalue weighted by Crippen LogP contribution is -2.36. The number of aromatic nitrogens is 1. The average molecular weight is 220 g/mol. The van der Waals surface area contributed by atoms with E-state index in [0.717, 1.165) is 6.42 Å². The topological polar surface area (TPSA) is 63.3 Å². The highest BCUT2D eigenvalue weighted by Gasteiger charge is 1.98. The van der Waals surface area contributed by atoms with Gasteiger partial charge in [-0.25, -0.2) is 0 Å².